The van der Waals surface area contributed by atoms with E-state index in [2.05, 4.69) is 41.8 Å². The van der Waals surface area contributed by atoms with Gasteiger partial charge in [0.25, 0.3) is 0 Å². The van der Waals surface area contributed by atoms with Crippen LogP contribution in [0.1, 0.15) is 30.9 Å². The number of nitrogens with zero attached hydrogens (tertiary/aromatic N) is 1. The van der Waals surface area contributed by atoms with Crippen LogP contribution in [0.15, 0.2) is 47.5 Å². The minimum Gasteiger partial charge on any atom is -0.488 e. The smallest absolute Gasteiger partial charge is 0.231 e. The number of aliphatic imine (C=N–C) groups is 1. The molecule has 0 spiro atoms. The summed E-state index contributed by atoms with van der Waals surface area (Å²) in [6.07, 6.45) is 2.89. The Morgan fingerprint density at radius 3 is 2.67 bits per heavy atom. The Kier molecular flexibility index (Phi) is 7.85. The lowest BCUT2D eigenvalue weighted by atomic mass is 9.74. The van der Waals surface area contributed by atoms with Gasteiger partial charge in [-0.15, -0.1) is 24.0 Å². The van der Waals surface area contributed by atoms with E-state index in [1.54, 1.807) is 0 Å². The van der Waals surface area contributed by atoms with Gasteiger partial charge in [-0.2, -0.15) is 0 Å². The number of para-hydroxylation sites is 1. The van der Waals surface area contributed by atoms with Crippen LogP contribution in [0.5, 0.6) is 17.2 Å². The molecule has 0 bridgehead atoms. The van der Waals surface area contributed by atoms with Gasteiger partial charge in [0.15, 0.2) is 17.5 Å². The van der Waals surface area contributed by atoms with Gasteiger partial charge in [0.05, 0.1) is 13.1 Å². The van der Waals surface area contributed by atoms with Crippen molar-refractivity contribution in [1.29, 1.82) is 0 Å². The molecule has 0 saturated carbocycles. The normalized spacial score (nSPS) is 20.4. The zero-order valence-corrected chi connectivity index (χ0v) is 21.3. The van der Waals surface area contributed by atoms with Gasteiger partial charge in [0, 0.05) is 31.6 Å². The van der Waals surface area contributed by atoms with Gasteiger partial charge in [-0.25, -0.2) is 0 Å². The first-order chi connectivity index (χ1) is 15.8. The Morgan fingerprint density at radius 1 is 1.03 bits per heavy atom. The van der Waals surface area contributed by atoms with Gasteiger partial charge in [0.2, 0.25) is 6.79 Å². The minimum atomic E-state index is -0.0817. The van der Waals surface area contributed by atoms with Gasteiger partial charge in [0.1, 0.15) is 11.9 Å². The summed E-state index contributed by atoms with van der Waals surface area (Å²) in [5.41, 5.74) is 2.42. The highest BCUT2D eigenvalue weighted by molar-refractivity contribution is 14.0. The van der Waals surface area contributed by atoms with E-state index in [1.807, 2.05) is 18.2 Å². The fraction of sp³-hybridized carbons (Fsp3) is 0.480. The number of rotatable bonds is 6. The van der Waals surface area contributed by atoms with Gasteiger partial charge in [-0.1, -0.05) is 24.3 Å². The summed E-state index contributed by atoms with van der Waals surface area (Å²) in [5.74, 6) is 3.44. The van der Waals surface area contributed by atoms with Crippen molar-refractivity contribution in [2.45, 2.75) is 37.7 Å². The van der Waals surface area contributed by atoms with Crippen molar-refractivity contribution < 1.29 is 18.9 Å². The monoisotopic (exact) mass is 565 g/mol. The molecular weight excluding hydrogens is 533 g/mol. The average molecular weight is 565 g/mol. The SMILES string of the molecule is CCNC(=NCC1(c2ccc3c(c2)OCO3)CCOCC1)NCC1Cc2ccccc2O1.I. The zero-order chi connectivity index (χ0) is 21.8. The topological polar surface area (TPSA) is 73.3 Å². The third-order valence-corrected chi connectivity index (χ3v) is 6.53. The summed E-state index contributed by atoms with van der Waals surface area (Å²) in [6, 6.07) is 14.5. The summed E-state index contributed by atoms with van der Waals surface area (Å²) < 4.78 is 22.9. The minimum absolute atomic E-state index is 0. The quantitative estimate of drug-likeness (QED) is 0.317. The Balaban J connectivity index is 0.00000259. The van der Waals surface area contributed by atoms with Crippen molar-refractivity contribution in [3.05, 3.63) is 53.6 Å². The van der Waals surface area contributed by atoms with E-state index in [9.17, 15) is 0 Å². The van der Waals surface area contributed by atoms with Crippen LogP contribution in [0.3, 0.4) is 0 Å². The van der Waals surface area contributed by atoms with Crippen molar-refractivity contribution in [2.24, 2.45) is 4.99 Å². The molecule has 0 amide bonds. The predicted octanol–water partition coefficient (Wildman–Crippen LogP) is 3.64. The van der Waals surface area contributed by atoms with E-state index in [1.165, 1.54) is 11.1 Å². The van der Waals surface area contributed by atoms with Gasteiger partial charge in [-0.3, -0.25) is 4.99 Å². The molecule has 1 atom stereocenters. The molecule has 7 nitrogen and oxygen atoms in total. The van der Waals surface area contributed by atoms with Gasteiger partial charge >= 0.3 is 0 Å². The predicted molar refractivity (Wildman–Crippen MR) is 138 cm³/mol. The first-order valence-corrected chi connectivity index (χ1v) is 11.5. The van der Waals surface area contributed by atoms with Crippen molar-refractivity contribution in [1.82, 2.24) is 10.6 Å². The number of hydrogen-bond donors (Lipinski definition) is 2. The van der Waals surface area contributed by atoms with Crippen LogP contribution in [0.2, 0.25) is 0 Å². The Morgan fingerprint density at radius 2 is 1.85 bits per heavy atom. The molecule has 3 aliphatic rings. The molecule has 178 valence electrons. The lowest BCUT2D eigenvalue weighted by Crippen LogP contribution is -2.44. The van der Waals surface area contributed by atoms with E-state index < -0.39 is 0 Å². The van der Waals surface area contributed by atoms with Gasteiger partial charge in [-0.05, 0) is 49.1 Å². The highest BCUT2D eigenvalue weighted by atomic mass is 127. The molecule has 0 aliphatic carbocycles. The molecular formula is C25H32IN3O4. The molecule has 1 fully saturated rings. The van der Waals surface area contributed by atoms with E-state index in [4.69, 9.17) is 23.9 Å². The van der Waals surface area contributed by atoms with E-state index >= 15 is 0 Å². The average Bonchev–Trinajstić information content (AvgIpc) is 3.47. The third kappa shape index (κ3) is 5.32. The third-order valence-electron chi connectivity index (χ3n) is 6.53. The summed E-state index contributed by atoms with van der Waals surface area (Å²) in [7, 11) is 0. The van der Waals surface area contributed by atoms with Crippen LogP contribution >= 0.6 is 24.0 Å². The highest BCUT2D eigenvalue weighted by Crippen LogP contribution is 2.41. The second-order valence-corrected chi connectivity index (χ2v) is 8.59. The van der Waals surface area contributed by atoms with E-state index in [0.29, 0.717) is 13.1 Å². The number of guanidine groups is 1. The van der Waals surface area contributed by atoms with E-state index in [0.717, 1.165) is 62.2 Å². The van der Waals surface area contributed by atoms with Crippen LogP contribution in [-0.2, 0) is 16.6 Å². The molecule has 1 unspecified atom stereocenters. The number of benzene rings is 2. The molecule has 5 rings (SSSR count). The molecule has 0 aromatic heterocycles. The molecule has 2 aromatic carbocycles. The molecule has 0 radical (unpaired) electrons. The standard InChI is InChI=1S/C25H31N3O4.HI/c1-2-26-24(27-15-20-13-18-5-3-4-6-21(18)32-20)28-16-25(9-11-29-12-10-25)19-7-8-22-23(14-19)31-17-30-22;/h3-8,14,20H,2,9-13,15-17H2,1H3,(H2,26,27,28);1H. The van der Waals surface area contributed by atoms with Crippen LogP contribution in [0.4, 0.5) is 0 Å². The summed E-state index contributed by atoms with van der Waals surface area (Å²) in [6.45, 7) is 6.04. The first kappa shape index (κ1) is 23.9. The van der Waals surface area contributed by atoms with Crippen molar-refractivity contribution in [3.8, 4) is 17.2 Å². The largest absolute Gasteiger partial charge is 0.488 e. The second-order valence-electron chi connectivity index (χ2n) is 8.59. The number of nitrogens with one attached hydrogen (secondary N) is 2. The molecule has 8 heteroatoms. The van der Waals surface area contributed by atoms with Gasteiger partial charge < -0.3 is 29.6 Å². The number of hydrogen-bond acceptors (Lipinski definition) is 5. The van der Waals surface area contributed by atoms with Crippen molar-refractivity contribution >= 4 is 29.9 Å². The highest BCUT2D eigenvalue weighted by Gasteiger charge is 2.36. The molecule has 33 heavy (non-hydrogen) atoms. The van der Waals surface area contributed by atoms with Crippen molar-refractivity contribution in [3.63, 3.8) is 0 Å². The summed E-state index contributed by atoms with van der Waals surface area (Å²) >= 11 is 0. The van der Waals surface area contributed by atoms with Crippen molar-refractivity contribution in [2.75, 3.05) is 39.6 Å². The molecule has 3 aliphatic heterocycles. The summed E-state index contributed by atoms with van der Waals surface area (Å²) in [4.78, 5) is 5.00. The molecule has 1 saturated heterocycles. The molecule has 2 aromatic rings. The first-order valence-electron chi connectivity index (χ1n) is 11.5. The van der Waals surface area contributed by atoms with E-state index in [-0.39, 0.29) is 42.3 Å². The zero-order valence-electron chi connectivity index (χ0n) is 19.0. The Labute approximate surface area is 212 Å². The maximum Gasteiger partial charge on any atom is 0.231 e. The molecule has 2 N–H and O–H groups in total. The van der Waals surface area contributed by atoms with Crippen LogP contribution in [0.25, 0.3) is 0 Å². The van der Waals surface area contributed by atoms with Crippen LogP contribution in [-0.4, -0.2) is 51.7 Å². The Bertz CT molecular complexity index is 953. The second kappa shape index (κ2) is 10.8. The number of fused-ring (bicyclic) bond motifs is 2. The van der Waals surface area contributed by atoms with Crippen LogP contribution < -0.4 is 24.8 Å². The fourth-order valence-electron chi connectivity index (χ4n) is 4.68. The summed E-state index contributed by atoms with van der Waals surface area (Å²) in [5, 5.41) is 6.87. The lowest BCUT2D eigenvalue weighted by Gasteiger charge is -2.36. The maximum absolute atomic E-state index is 6.07. The fourth-order valence-corrected chi connectivity index (χ4v) is 4.68. The maximum atomic E-state index is 6.07. The van der Waals surface area contributed by atoms with Crippen LogP contribution in [0, 0.1) is 0 Å². The molecule has 3 heterocycles. The number of halogens is 1. The number of ether oxygens (including phenoxy) is 4. The Hall–Kier alpha value is -2.20. The lowest BCUT2D eigenvalue weighted by molar-refractivity contribution is 0.0530.